The molecule has 0 N–H and O–H groups in total. The van der Waals surface area contributed by atoms with Crippen LogP contribution in [0.4, 0.5) is 11.4 Å². The summed E-state index contributed by atoms with van der Waals surface area (Å²) in [6, 6.07) is 2.85. The molecule has 0 bridgehead atoms. The highest BCUT2D eigenvalue weighted by molar-refractivity contribution is 5.91. The number of nitro benzene ring substituents is 2. The van der Waals surface area contributed by atoms with Gasteiger partial charge >= 0.3 is 5.97 Å². The lowest BCUT2D eigenvalue weighted by atomic mass is 10.0. The Kier molecular flexibility index (Phi) is 16.4. The Balaban J connectivity index is 2.08. The van der Waals surface area contributed by atoms with Crippen LogP contribution in [0.3, 0.4) is 0 Å². The van der Waals surface area contributed by atoms with Gasteiger partial charge in [-0.2, -0.15) is 0 Å². The summed E-state index contributed by atoms with van der Waals surface area (Å²) >= 11 is 0. The highest BCUT2D eigenvalue weighted by Gasteiger charge is 2.21. The molecule has 0 spiro atoms. The molecule has 0 radical (unpaired) electrons. The molecule has 0 unspecified atom stereocenters. The monoisotopic (exact) mass is 492 g/mol. The number of carbonyl (C=O) groups is 1. The summed E-state index contributed by atoms with van der Waals surface area (Å²) in [5, 5.41) is 22.0. The van der Waals surface area contributed by atoms with Gasteiger partial charge in [0.1, 0.15) is 0 Å². The van der Waals surface area contributed by atoms with E-state index in [1.54, 1.807) is 6.92 Å². The summed E-state index contributed by atoms with van der Waals surface area (Å²) in [5.41, 5.74) is -1.18. The van der Waals surface area contributed by atoms with Crippen molar-refractivity contribution in [2.45, 2.75) is 129 Å². The maximum absolute atomic E-state index is 12.3. The summed E-state index contributed by atoms with van der Waals surface area (Å²) in [6.45, 7) is 4.03. The van der Waals surface area contributed by atoms with E-state index in [9.17, 15) is 25.0 Å². The lowest BCUT2D eigenvalue weighted by Gasteiger charge is -2.13. The third-order valence-corrected chi connectivity index (χ3v) is 6.33. The fourth-order valence-electron chi connectivity index (χ4n) is 4.21. The Bertz CT molecular complexity index is 736. The highest BCUT2D eigenvalue weighted by Crippen LogP contribution is 2.24. The molecular formula is C27H44N2O6. The van der Waals surface area contributed by atoms with Crippen molar-refractivity contribution >= 4 is 17.3 Å². The molecule has 8 nitrogen and oxygen atoms in total. The second-order valence-corrected chi connectivity index (χ2v) is 9.56. The van der Waals surface area contributed by atoms with Crippen molar-refractivity contribution in [1.82, 2.24) is 0 Å². The predicted molar refractivity (Wildman–Crippen MR) is 139 cm³/mol. The molecule has 1 atom stereocenters. The van der Waals surface area contributed by atoms with E-state index in [4.69, 9.17) is 4.74 Å². The van der Waals surface area contributed by atoms with Crippen LogP contribution >= 0.6 is 0 Å². The Labute approximate surface area is 210 Å². The number of non-ortho nitro benzene ring substituents is 2. The van der Waals surface area contributed by atoms with Gasteiger partial charge in [-0.15, -0.1) is 0 Å². The number of unbranched alkanes of at least 4 members (excludes halogenated alkanes) is 15. The maximum atomic E-state index is 12.3. The number of nitro groups is 2. The second kappa shape index (κ2) is 18.8. The highest BCUT2D eigenvalue weighted by atomic mass is 16.6. The van der Waals surface area contributed by atoms with Crippen molar-refractivity contribution in [1.29, 1.82) is 0 Å². The largest absolute Gasteiger partial charge is 0.459 e. The molecule has 8 heteroatoms. The number of carbonyl (C=O) groups excluding carboxylic acids is 1. The Hall–Kier alpha value is -2.51. The number of esters is 1. The summed E-state index contributed by atoms with van der Waals surface area (Å²) < 4.78 is 5.35. The first-order chi connectivity index (χ1) is 16.8. The number of benzene rings is 1. The molecule has 0 heterocycles. The first-order valence-electron chi connectivity index (χ1n) is 13.5. The van der Waals surface area contributed by atoms with Crippen LogP contribution < -0.4 is 0 Å². The summed E-state index contributed by atoms with van der Waals surface area (Å²) in [5.74, 6) is -0.777. The smallest absolute Gasteiger partial charge is 0.338 e. The number of ether oxygens (including phenoxy) is 1. The van der Waals surface area contributed by atoms with Crippen LogP contribution in [0.2, 0.25) is 0 Å². The van der Waals surface area contributed by atoms with Gasteiger partial charge < -0.3 is 4.74 Å². The normalized spacial score (nSPS) is 11.8. The zero-order chi connectivity index (χ0) is 25.9. The van der Waals surface area contributed by atoms with Crippen LogP contribution in [0.5, 0.6) is 0 Å². The minimum atomic E-state index is -0.777. The van der Waals surface area contributed by atoms with Gasteiger partial charge in [0.05, 0.1) is 27.6 Å². The van der Waals surface area contributed by atoms with Gasteiger partial charge in [0.25, 0.3) is 11.4 Å². The van der Waals surface area contributed by atoms with Gasteiger partial charge in [-0.1, -0.05) is 103 Å². The average Bonchev–Trinajstić information content (AvgIpc) is 2.83. The van der Waals surface area contributed by atoms with Crippen LogP contribution in [-0.4, -0.2) is 21.9 Å². The predicted octanol–water partition coefficient (Wildman–Crippen LogP) is 8.70. The van der Waals surface area contributed by atoms with Gasteiger partial charge in [0.2, 0.25) is 0 Å². The summed E-state index contributed by atoms with van der Waals surface area (Å²) in [7, 11) is 0. The minimum absolute atomic E-state index is 0.176. The molecular weight excluding hydrogens is 448 g/mol. The molecule has 0 fully saturated rings. The number of hydrogen-bond donors (Lipinski definition) is 0. The molecule has 0 aliphatic rings. The molecule has 0 aliphatic heterocycles. The molecule has 0 aliphatic carbocycles. The van der Waals surface area contributed by atoms with E-state index in [0.29, 0.717) is 6.42 Å². The molecule has 0 aromatic heterocycles. The second-order valence-electron chi connectivity index (χ2n) is 9.56. The van der Waals surface area contributed by atoms with E-state index in [0.717, 1.165) is 37.5 Å². The molecule has 0 saturated carbocycles. The summed E-state index contributed by atoms with van der Waals surface area (Å²) in [4.78, 5) is 32.7. The molecule has 1 rings (SSSR count). The fourth-order valence-corrected chi connectivity index (χ4v) is 4.21. The van der Waals surface area contributed by atoms with Crippen LogP contribution in [0, 0.1) is 20.2 Å². The van der Waals surface area contributed by atoms with Crippen molar-refractivity contribution in [2.24, 2.45) is 0 Å². The van der Waals surface area contributed by atoms with E-state index >= 15 is 0 Å². The lowest BCUT2D eigenvalue weighted by Crippen LogP contribution is -2.15. The molecule has 1 aromatic carbocycles. The topological polar surface area (TPSA) is 113 Å². The van der Waals surface area contributed by atoms with Crippen molar-refractivity contribution < 1.29 is 19.4 Å². The summed E-state index contributed by atoms with van der Waals surface area (Å²) in [6.07, 6.45) is 21.0. The Morgan fingerprint density at radius 2 is 1.09 bits per heavy atom. The zero-order valence-electron chi connectivity index (χ0n) is 21.7. The van der Waals surface area contributed by atoms with E-state index in [-0.39, 0.29) is 11.7 Å². The zero-order valence-corrected chi connectivity index (χ0v) is 21.7. The van der Waals surface area contributed by atoms with Crippen LogP contribution in [-0.2, 0) is 4.74 Å². The van der Waals surface area contributed by atoms with Crippen molar-refractivity contribution in [3.8, 4) is 0 Å². The van der Waals surface area contributed by atoms with Crippen LogP contribution in [0.1, 0.15) is 133 Å². The Morgan fingerprint density at radius 3 is 1.46 bits per heavy atom. The van der Waals surface area contributed by atoms with Crippen molar-refractivity contribution in [3.05, 3.63) is 44.0 Å². The molecule has 198 valence electrons. The quantitative estimate of drug-likeness (QED) is 0.0734. The molecule has 0 saturated heterocycles. The third kappa shape index (κ3) is 14.5. The first kappa shape index (κ1) is 30.5. The van der Waals surface area contributed by atoms with Gasteiger partial charge in [0, 0.05) is 12.1 Å². The van der Waals surface area contributed by atoms with Crippen LogP contribution in [0.15, 0.2) is 18.2 Å². The molecule has 35 heavy (non-hydrogen) atoms. The average molecular weight is 493 g/mol. The fraction of sp³-hybridized carbons (Fsp3) is 0.741. The SMILES string of the molecule is CCCCCCCCCCCCCCCCCC[C@@H](C)OC(=O)c1cc([N+](=O)[O-])cc([N+](=O)[O-])c1. The number of hydrogen-bond acceptors (Lipinski definition) is 6. The minimum Gasteiger partial charge on any atom is -0.459 e. The van der Waals surface area contributed by atoms with Gasteiger partial charge in [-0.05, 0) is 19.8 Å². The van der Waals surface area contributed by atoms with Gasteiger partial charge in [-0.25, -0.2) is 4.79 Å². The van der Waals surface area contributed by atoms with E-state index < -0.39 is 27.2 Å². The van der Waals surface area contributed by atoms with E-state index in [1.165, 1.54) is 83.5 Å². The standard InChI is InChI=1S/C27H44N2O6/c1-3-4-5-6-7-8-9-10-11-12-13-14-15-16-17-18-19-23(2)35-27(30)24-20-25(28(31)32)22-26(21-24)29(33)34/h20-23H,3-19H2,1-2H3/t23-/m1/s1. The Morgan fingerprint density at radius 1 is 0.714 bits per heavy atom. The molecule has 0 amide bonds. The van der Waals surface area contributed by atoms with Gasteiger partial charge in [0.15, 0.2) is 0 Å². The first-order valence-corrected chi connectivity index (χ1v) is 13.5. The lowest BCUT2D eigenvalue weighted by molar-refractivity contribution is -0.394. The third-order valence-electron chi connectivity index (χ3n) is 6.33. The van der Waals surface area contributed by atoms with Crippen LogP contribution in [0.25, 0.3) is 0 Å². The molecule has 1 aromatic rings. The van der Waals surface area contributed by atoms with Gasteiger partial charge in [-0.3, -0.25) is 20.2 Å². The number of rotatable bonds is 21. The number of nitrogens with zero attached hydrogens (tertiary/aromatic N) is 2. The maximum Gasteiger partial charge on any atom is 0.338 e. The van der Waals surface area contributed by atoms with E-state index in [2.05, 4.69) is 6.92 Å². The van der Waals surface area contributed by atoms with E-state index in [1.807, 2.05) is 0 Å². The van der Waals surface area contributed by atoms with Crippen molar-refractivity contribution in [3.63, 3.8) is 0 Å². The van der Waals surface area contributed by atoms with Crippen molar-refractivity contribution in [2.75, 3.05) is 0 Å².